The van der Waals surface area contributed by atoms with Crippen LogP contribution in [0.2, 0.25) is 16.6 Å². The average Bonchev–Trinajstić information content (AvgIpc) is 2.58. The van der Waals surface area contributed by atoms with Crippen LogP contribution in [0.4, 0.5) is 0 Å². The number of ether oxygens (including phenoxy) is 2. The summed E-state index contributed by atoms with van der Waals surface area (Å²) in [5.41, 5.74) is 5.82. The van der Waals surface area contributed by atoms with Gasteiger partial charge in [0.1, 0.15) is 25.2 Å². The SMILES string of the molecule is COc1cc(C#C[Si](C(C)C)(C(C)C)C(C)C)c(OC)cc1C#CC(C)(C)O. The van der Waals surface area contributed by atoms with Gasteiger partial charge in [-0.25, -0.2) is 0 Å². The molecule has 0 fully saturated rings. The molecule has 1 aromatic rings. The summed E-state index contributed by atoms with van der Waals surface area (Å²) in [7, 11) is 1.41. The van der Waals surface area contributed by atoms with Gasteiger partial charge >= 0.3 is 0 Å². The van der Waals surface area contributed by atoms with Crippen LogP contribution in [0.3, 0.4) is 0 Å². The summed E-state index contributed by atoms with van der Waals surface area (Å²) in [5.74, 6) is 10.6. The van der Waals surface area contributed by atoms with Crippen molar-refractivity contribution in [3.8, 4) is 34.8 Å². The molecule has 0 aliphatic heterocycles. The van der Waals surface area contributed by atoms with Crippen LogP contribution in [0.15, 0.2) is 12.1 Å². The number of methoxy groups -OCH3 is 2. The molecule has 0 aliphatic rings. The second-order valence-electron chi connectivity index (χ2n) is 8.71. The monoisotopic (exact) mass is 400 g/mol. The highest BCUT2D eigenvalue weighted by molar-refractivity contribution is 6.90. The lowest BCUT2D eigenvalue weighted by atomic mass is 10.1. The topological polar surface area (TPSA) is 38.7 Å². The minimum Gasteiger partial charge on any atom is -0.495 e. The molecule has 154 valence electrons. The molecule has 0 saturated heterocycles. The van der Waals surface area contributed by atoms with E-state index in [1.54, 1.807) is 28.1 Å². The van der Waals surface area contributed by atoms with Gasteiger partial charge in [-0.3, -0.25) is 0 Å². The minimum absolute atomic E-state index is 0.560. The van der Waals surface area contributed by atoms with Crippen molar-refractivity contribution in [2.24, 2.45) is 0 Å². The van der Waals surface area contributed by atoms with Crippen molar-refractivity contribution in [2.75, 3.05) is 14.2 Å². The smallest absolute Gasteiger partial charge is 0.146 e. The predicted molar refractivity (Wildman–Crippen MR) is 121 cm³/mol. The zero-order valence-corrected chi connectivity index (χ0v) is 20.2. The van der Waals surface area contributed by atoms with E-state index < -0.39 is 13.7 Å². The van der Waals surface area contributed by atoms with Crippen molar-refractivity contribution >= 4 is 8.07 Å². The molecule has 0 aromatic heterocycles. The molecule has 28 heavy (non-hydrogen) atoms. The summed E-state index contributed by atoms with van der Waals surface area (Å²) in [6.07, 6.45) is 0. The number of hydrogen-bond acceptors (Lipinski definition) is 3. The molecule has 1 aromatic carbocycles. The molecule has 3 nitrogen and oxygen atoms in total. The van der Waals surface area contributed by atoms with Gasteiger partial charge in [0.05, 0.1) is 25.3 Å². The zero-order chi connectivity index (χ0) is 21.7. The standard InChI is InChI=1S/C24H36O3Si/c1-17(2)28(18(3)4,19(5)6)14-12-21-16-22(26-9)20(15-23(21)27-10)11-13-24(7,8)25/h15-19,25H,1-10H3. The van der Waals surface area contributed by atoms with E-state index in [2.05, 4.69) is 64.8 Å². The third kappa shape index (κ3) is 5.57. The summed E-state index contributed by atoms with van der Waals surface area (Å²) < 4.78 is 11.1. The van der Waals surface area contributed by atoms with Gasteiger partial charge in [0.15, 0.2) is 0 Å². The van der Waals surface area contributed by atoms with Gasteiger partial charge in [-0.05, 0) is 30.5 Å². The molecule has 1 rings (SSSR count). The first kappa shape index (κ1) is 24.2. The van der Waals surface area contributed by atoms with Crippen molar-refractivity contribution < 1.29 is 14.6 Å². The van der Waals surface area contributed by atoms with Crippen LogP contribution in [0, 0.1) is 23.3 Å². The summed E-state index contributed by atoms with van der Waals surface area (Å²) in [5, 5.41) is 9.89. The largest absolute Gasteiger partial charge is 0.495 e. The fourth-order valence-corrected chi connectivity index (χ4v) is 9.14. The van der Waals surface area contributed by atoms with Gasteiger partial charge < -0.3 is 14.6 Å². The van der Waals surface area contributed by atoms with Gasteiger partial charge in [-0.15, -0.1) is 5.54 Å². The first-order valence-corrected chi connectivity index (χ1v) is 12.2. The Morgan fingerprint density at radius 2 is 1.21 bits per heavy atom. The van der Waals surface area contributed by atoms with Crippen molar-refractivity contribution in [1.82, 2.24) is 0 Å². The molecule has 4 heteroatoms. The molecule has 0 aliphatic carbocycles. The molecule has 0 spiro atoms. The van der Waals surface area contributed by atoms with E-state index in [1.165, 1.54) is 0 Å². The normalized spacial score (nSPS) is 11.8. The van der Waals surface area contributed by atoms with Crippen LogP contribution in [-0.4, -0.2) is 33.0 Å². The molecule has 0 radical (unpaired) electrons. The second-order valence-corrected chi connectivity index (χ2v) is 14.3. The van der Waals surface area contributed by atoms with E-state index in [1.807, 2.05) is 12.1 Å². The van der Waals surface area contributed by atoms with E-state index in [-0.39, 0.29) is 0 Å². The second kappa shape index (κ2) is 9.55. The fraction of sp³-hybridized carbons (Fsp3) is 0.583. The summed E-state index contributed by atoms with van der Waals surface area (Å²) in [6.45, 7) is 17.1. The lowest BCUT2D eigenvalue weighted by Crippen LogP contribution is -2.43. The molecule has 0 heterocycles. The molecule has 1 N–H and O–H groups in total. The van der Waals surface area contributed by atoms with E-state index in [9.17, 15) is 5.11 Å². The molecular weight excluding hydrogens is 364 g/mol. The van der Waals surface area contributed by atoms with E-state index in [0.29, 0.717) is 33.7 Å². The lowest BCUT2D eigenvalue weighted by molar-refractivity contribution is 0.143. The maximum absolute atomic E-state index is 9.89. The van der Waals surface area contributed by atoms with Crippen LogP contribution in [0.1, 0.15) is 66.5 Å². The summed E-state index contributed by atoms with van der Waals surface area (Å²) in [4.78, 5) is 0. The maximum atomic E-state index is 9.89. The van der Waals surface area contributed by atoms with Gasteiger partial charge in [0.2, 0.25) is 0 Å². The molecule has 0 amide bonds. The Morgan fingerprint density at radius 1 is 0.821 bits per heavy atom. The van der Waals surface area contributed by atoms with Gasteiger partial charge in [-0.1, -0.05) is 59.3 Å². The van der Waals surface area contributed by atoms with Gasteiger partial charge in [0.25, 0.3) is 0 Å². The molecular formula is C24H36O3Si. The Bertz CT molecular complexity index is 772. The van der Waals surface area contributed by atoms with Crippen molar-refractivity contribution in [3.05, 3.63) is 23.3 Å². The first-order chi connectivity index (χ1) is 12.9. The van der Waals surface area contributed by atoms with Crippen molar-refractivity contribution in [2.45, 2.75) is 77.6 Å². The highest BCUT2D eigenvalue weighted by Crippen LogP contribution is 2.41. The van der Waals surface area contributed by atoms with E-state index in [4.69, 9.17) is 9.47 Å². The minimum atomic E-state index is -1.85. The predicted octanol–water partition coefficient (Wildman–Crippen LogP) is 5.40. The molecule has 0 unspecified atom stereocenters. The van der Waals surface area contributed by atoms with E-state index >= 15 is 0 Å². The number of hydrogen-bond donors (Lipinski definition) is 1. The van der Waals surface area contributed by atoms with Crippen molar-refractivity contribution in [1.29, 1.82) is 0 Å². The number of aliphatic hydroxyl groups is 1. The van der Waals surface area contributed by atoms with Gasteiger partial charge in [0, 0.05) is 12.1 Å². The van der Waals surface area contributed by atoms with Crippen molar-refractivity contribution in [3.63, 3.8) is 0 Å². The Labute approximate surface area is 172 Å². The fourth-order valence-electron chi connectivity index (χ4n) is 3.92. The van der Waals surface area contributed by atoms with Crippen LogP contribution < -0.4 is 9.47 Å². The van der Waals surface area contributed by atoms with Crippen LogP contribution in [0.5, 0.6) is 11.5 Å². The Balaban J connectivity index is 3.59. The molecule has 0 bridgehead atoms. The van der Waals surface area contributed by atoms with Gasteiger partial charge in [-0.2, -0.15) is 0 Å². The zero-order valence-electron chi connectivity index (χ0n) is 19.2. The van der Waals surface area contributed by atoms with Crippen LogP contribution >= 0.6 is 0 Å². The number of rotatable bonds is 5. The Hall–Kier alpha value is -1.88. The molecule has 0 atom stereocenters. The number of benzene rings is 1. The Kier molecular flexibility index (Phi) is 8.24. The van der Waals surface area contributed by atoms with Crippen LogP contribution in [-0.2, 0) is 0 Å². The third-order valence-electron chi connectivity index (χ3n) is 5.30. The average molecular weight is 401 g/mol. The third-order valence-corrected chi connectivity index (χ3v) is 11.6. The summed E-state index contributed by atoms with van der Waals surface area (Å²) >= 11 is 0. The maximum Gasteiger partial charge on any atom is 0.146 e. The molecule has 0 saturated carbocycles. The van der Waals surface area contributed by atoms with Crippen LogP contribution in [0.25, 0.3) is 0 Å². The Morgan fingerprint density at radius 3 is 1.54 bits per heavy atom. The highest BCUT2D eigenvalue weighted by Gasteiger charge is 2.41. The van der Waals surface area contributed by atoms with E-state index in [0.717, 1.165) is 5.56 Å². The first-order valence-electron chi connectivity index (χ1n) is 9.93. The quantitative estimate of drug-likeness (QED) is 0.531. The summed E-state index contributed by atoms with van der Waals surface area (Å²) in [6, 6.07) is 3.73. The highest BCUT2D eigenvalue weighted by atomic mass is 28.3. The lowest BCUT2D eigenvalue weighted by Gasteiger charge is -2.38.